The molecule has 0 aliphatic carbocycles. The average Bonchev–Trinajstić information content (AvgIpc) is 2.89. The van der Waals surface area contributed by atoms with Crippen LogP contribution in [0.5, 0.6) is 11.5 Å². The van der Waals surface area contributed by atoms with E-state index in [2.05, 4.69) is 10.1 Å². The number of thioether (sulfide) groups is 1. The van der Waals surface area contributed by atoms with Gasteiger partial charge < -0.3 is 14.6 Å². The molecule has 0 fully saturated rings. The quantitative estimate of drug-likeness (QED) is 0.923. The summed E-state index contributed by atoms with van der Waals surface area (Å²) in [6.45, 7) is 0.483. The molecule has 2 aromatic rings. The van der Waals surface area contributed by atoms with Crippen LogP contribution in [-0.4, -0.2) is 45.9 Å². The van der Waals surface area contributed by atoms with Gasteiger partial charge in [0.2, 0.25) is 0 Å². The smallest absolute Gasteiger partial charge is 0.186 e. The predicted octanol–water partition coefficient (Wildman–Crippen LogP) is 1.43. The summed E-state index contributed by atoms with van der Waals surface area (Å²) in [7, 11) is 3.22. The molecule has 6 nitrogen and oxygen atoms in total. The van der Waals surface area contributed by atoms with E-state index in [1.165, 1.54) is 11.8 Å². The first kappa shape index (κ1) is 13.3. The Bertz CT molecular complexity index is 607. The van der Waals surface area contributed by atoms with Crippen molar-refractivity contribution in [2.45, 2.75) is 17.8 Å². The minimum atomic E-state index is -0.373. The summed E-state index contributed by atoms with van der Waals surface area (Å²) < 4.78 is 12.2. The molecule has 0 radical (unpaired) electrons. The maximum absolute atomic E-state index is 9.65. The fourth-order valence-corrected chi connectivity index (χ4v) is 2.90. The average molecular weight is 293 g/mol. The molecule has 1 atom stereocenters. The van der Waals surface area contributed by atoms with E-state index in [0.717, 1.165) is 10.7 Å². The lowest BCUT2D eigenvalue weighted by Gasteiger charge is -2.16. The molecule has 1 aliphatic rings. The Morgan fingerprint density at radius 1 is 1.25 bits per heavy atom. The Morgan fingerprint density at radius 2 is 1.95 bits per heavy atom. The zero-order chi connectivity index (χ0) is 14.1. The molecule has 1 N–H and O–H groups in total. The van der Waals surface area contributed by atoms with Crippen LogP contribution in [0, 0.1) is 0 Å². The van der Waals surface area contributed by atoms with Crippen LogP contribution in [0.15, 0.2) is 23.4 Å². The third-order valence-electron chi connectivity index (χ3n) is 3.04. The van der Waals surface area contributed by atoms with Gasteiger partial charge in [-0.15, -0.1) is 5.10 Å². The summed E-state index contributed by atoms with van der Waals surface area (Å²) in [4.78, 5) is 4.50. The molecule has 2 heterocycles. The molecule has 1 aliphatic heterocycles. The van der Waals surface area contributed by atoms with Crippen molar-refractivity contribution in [2.75, 3.05) is 20.0 Å². The van der Waals surface area contributed by atoms with Gasteiger partial charge in [0.25, 0.3) is 0 Å². The molecule has 1 aromatic heterocycles. The molecule has 0 spiro atoms. The minimum absolute atomic E-state index is 0.373. The van der Waals surface area contributed by atoms with Crippen LogP contribution in [0.25, 0.3) is 11.4 Å². The van der Waals surface area contributed by atoms with Gasteiger partial charge in [-0.1, -0.05) is 11.8 Å². The predicted molar refractivity (Wildman–Crippen MR) is 75.3 cm³/mol. The van der Waals surface area contributed by atoms with Gasteiger partial charge in [-0.25, -0.2) is 9.67 Å². The van der Waals surface area contributed by atoms with Crippen molar-refractivity contribution in [1.82, 2.24) is 14.8 Å². The van der Waals surface area contributed by atoms with Crippen molar-refractivity contribution in [3.8, 4) is 22.9 Å². The molecule has 3 rings (SSSR count). The molecular formula is C13H15N3O3S. The van der Waals surface area contributed by atoms with Gasteiger partial charge in [0.05, 0.1) is 26.9 Å². The Morgan fingerprint density at radius 3 is 2.60 bits per heavy atom. The van der Waals surface area contributed by atoms with Crippen molar-refractivity contribution in [2.24, 2.45) is 0 Å². The monoisotopic (exact) mass is 293 g/mol. The first-order valence-electron chi connectivity index (χ1n) is 6.18. The highest BCUT2D eigenvalue weighted by molar-refractivity contribution is 7.99. The lowest BCUT2D eigenvalue weighted by molar-refractivity contribution is 0.164. The molecule has 0 bridgehead atoms. The van der Waals surface area contributed by atoms with E-state index in [9.17, 15) is 5.11 Å². The van der Waals surface area contributed by atoms with Crippen LogP contribution in [0.4, 0.5) is 0 Å². The third-order valence-corrected chi connectivity index (χ3v) is 4.15. The zero-order valence-electron chi connectivity index (χ0n) is 11.2. The number of fused-ring (bicyclic) bond motifs is 1. The molecule has 7 heteroatoms. The van der Waals surface area contributed by atoms with Crippen molar-refractivity contribution in [3.05, 3.63) is 18.2 Å². The number of methoxy groups -OCH3 is 2. The van der Waals surface area contributed by atoms with Crippen molar-refractivity contribution in [3.63, 3.8) is 0 Å². The van der Waals surface area contributed by atoms with Crippen LogP contribution in [0.2, 0.25) is 0 Å². The topological polar surface area (TPSA) is 69.4 Å². The highest BCUT2D eigenvalue weighted by Gasteiger charge is 2.21. The first-order valence-corrected chi connectivity index (χ1v) is 7.17. The van der Waals surface area contributed by atoms with Crippen molar-refractivity contribution in [1.29, 1.82) is 0 Å². The number of ether oxygens (including phenoxy) is 2. The Balaban J connectivity index is 2.00. The number of nitrogens with zero attached hydrogens (tertiary/aromatic N) is 3. The largest absolute Gasteiger partial charge is 0.497 e. The minimum Gasteiger partial charge on any atom is -0.497 e. The number of aliphatic hydroxyl groups excluding tert-OH is 1. The fourth-order valence-electron chi connectivity index (χ4n) is 2.04. The van der Waals surface area contributed by atoms with E-state index in [1.807, 2.05) is 12.1 Å². The van der Waals surface area contributed by atoms with Gasteiger partial charge >= 0.3 is 0 Å². The second-order valence-corrected chi connectivity index (χ2v) is 5.45. The summed E-state index contributed by atoms with van der Waals surface area (Å²) in [5.74, 6) is 2.65. The van der Waals surface area contributed by atoms with Gasteiger partial charge in [0, 0.05) is 17.4 Å². The summed E-state index contributed by atoms with van der Waals surface area (Å²) in [5, 5.41) is 14.9. The maximum Gasteiger partial charge on any atom is 0.186 e. The fraction of sp³-hybridized carbons (Fsp3) is 0.385. The third kappa shape index (κ3) is 2.46. The van der Waals surface area contributed by atoms with Gasteiger partial charge in [0.15, 0.2) is 11.0 Å². The van der Waals surface area contributed by atoms with Gasteiger partial charge in [-0.2, -0.15) is 0 Å². The van der Waals surface area contributed by atoms with E-state index >= 15 is 0 Å². The molecule has 1 unspecified atom stereocenters. The number of aliphatic hydroxyl groups is 1. The number of aromatic nitrogens is 3. The highest BCUT2D eigenvalue weighted by atomic mass is 32.2. The Kier molecular flexibility index (Phi) is 3.54. The number of hydrogen-bond acceptors (Lipinski definition) is 6. The standard InChI is InChI=1S/C13H15N3O3S/c1-18-10-3-8(4-11(5-10)19-2)12-14-13-16(15-12)6-9(17)7-20-13/h3-5,9,17H,6-7H2,1-2H3. The molecule has 1 aromatic carbocycles. The second kappa shape index (κ2) is 5.34. The van der Waals surface area contributed by atoms with Crippen LogP contribution in [0.1, 0.15) is 0 Å². The maximum atomic E-state index is 9.65. The van der Waals surface area contributed by atoms with E-state index in [0.29, 0.717) is 29.6 Å². The van der Waals surface area contributed by atoms with E-state index in [4.69, 9.17) is 9.47 Å². The molecular weight excluding hydrogens is 278 g/mol. The number of hydrogen-bond donors (Lipinski definition) is 1. The van der Waals surface area contributed by atoms with Crippen molar-refractivity contribution < 1.29 is 14.6 Å². The van der Waals surface area contributed by atoms with Gasteiger partial charge in [-0.05, 0) is 12.1 Å². The molecule has 20 heavy (non-hydrogen) atoms. The van der Waals surface area contributed by atoms with Crippen LogP contribution in [0.3, 0.4) is 0 Å². The Labute approximate surface area is 120 Å². The van der Waals surface area contributed by atoms with Crippen LogP contribution >= 0.6 is 11.8 Å². The molecule has 0 saturated heterocycles. The van der Waals surface area contributed by atoms with Gasteiger partial charge in [-0.3, -0.25) is 0 Å². The number of rotatable bonds is 3. The van der Waals surface area contributed by atoms with Crippen LogP contribution in [-0.2, 0) is 6.54 Å². The lowest BCUT2D eigenvalue weighted by atomic mass is 10.2. The second-order valence-electron chi connectivity index (χ2n) is 4.47. The Hall–Kier alpha value is -1.73. The van der Waals surface area contributed by atoms with E-state index in [1.54, 1.807) is 25.0 Å². The SMILES string of the molecule is COc1cc(OC)cc(-c2nc3n(n2)CC(O)CS3)c1. The summed E-state index contributed by atoms with van der Waals surface area (Å²) in [6, 6.07) is 5.54. The normalized spacial score (nSPS) is 17.6. The number of benzene rings is 1. The van der Waals surface area contributed by atoms with E-state index < -0.39 is 0 Å². The zero-order valence-corrected chi connectivity index (χ0v) is 12.1. The molecule has 0 amide bonds. The van der Waals surface area contributed by atoms with Crippen molar-refractivity contribution >= 4 is 11.8 Å². The van der Waals surface area contributed by atoms with Gasteiger partial charge in [0.1, 0.15) is 11.5 Å². The summed E-state index contributed by atoms with van der Waals surface area (Å²) in [5.41, 5.74) is 0.832. The lowest BCUT2D eigenvalue weighted by Crippen LogP contribution is -2.24. The summed E-state index contributed by atoms with van der Waals surface area (Å²) in [6.07, 6.45) is -0.373. The van der Waals surface area contributed by atoms with Crippen LogP contribution < -0.4 is 9.47 Å². The summed E-state index contributed by atoms with van der Waals surface area (Å²) >= 11 is 1.51. The molecule has 0 saturated carbocycles. The highest BCUT2D eigenvalue weighted by Crippen LogP contribution is 2.30. The first-order chi connectivity index (χ1) is 9.69. The van der Waals surface area contributed by atoms with E-state index in [-0.39, 0.29) is 6.10 Å². The molecule has 106 valence electrons.